The van der Waals surface area contributed by atoms with Gasteiger partial charge in [-0.15, -0.1) is 0 Å². The Morgan fingerprint density at radius 3 is 2.19 bits per heavy atom. The molecule has 1 N–H and O–H groups in total. The average Bonchev–Trinajstić information content (AvgIpc) is 3.03. The van der Waals surface area contributed by atoms with Crippen LogP contribution in [-0.4, -0.2) is 80.5 Å². The largest absolute Gasteiger partial charge is 0.455 e. The minimum atomic E-state index is -2.21. The maximum Gasteiger partial charge on any atom is 0.338 e. The van der Waals surface area contributed by atoms with Gasteiger partial charge in [0.25, 0.3) is 0 Å². The summed E-state index contributed by atoms with van der Waals surface area (Å²) in [7, 11) is -0.652. The highest BCUT2D eigenvalue weighted by Gasteiger charge is 2.77. The van der Waals surface area contributed by atoms with Crippen molar-refractivity contribution in [2.75, 3.05) is 13.7 Å². The lowest BCUT2D eigenvalue weighted by Crippen LogP contribution is -2.81. The van der Waals surface area contributed by atoms with Gasteiger partial charge in [-0.2, -0.15) is 0 Å². The minimum absolute atomic E-state index is 0.00464. The number of rotatable bonds is 9. The summed E-state index contributed by atoms with van der Waals surface area (Å²) in [4.78, 5) is 42.3. The predicted octanol–water partition coefficient (Wildman–Crippen LogP) is 6.04. The summed E-state index contributed by atoms with van der Waals surface area (Å²) >= 11 is 0. The summed E-state index contributed by atoms with van der Waals surface area (Å²) in [6.07, 6.45) is -2.62. The van der Waals surface area contributed by atoms with Gasteiger partial charge in [0.05, 0.1) is 35.7 Å². The Kier molecular flexibility index (Phi) is 9.56. The van der Waals surface area contributed by atoms with E-state index in [1.807, 2.05) is 40.7 Å². The Hall–Kier alpha value is -2.37. The summed E-state index contributed by atoms with van der Waals surface area (Å²) in [6, 6.07) is 11.4. The van der Waals surface area contributed by atoms with E-state index >= 15 is 4.79 Å². The fourth-order valence-electron chi connectivity index (χ4n) is 9.89. The zero-order valence-electron chi connectivity index (χ0n) is 29.8. The third-order valence-electron chi connectivity index (χ3n) is 12.8. The minimum Gasteiger partial charge on any atom is -0.455 e. The lowest BCUT2D eigenvalue weighted by Gasteiger charge is -2.68. The van der Waals surface area contributed by atoms with E-state index in [9.17, 15) is 14.7 Å². The van der Waals surface area contributed by atoms with Crippen LogP contribution >= 0.6 is 0 Å². The molecule has 3 fully saturated rings. The Bertz CT molecular complexity index is 1410. The molecule has 47 heavy (non-hydrogen) atoms. The van der Waals surface area contributed by atoms with Gasteiger partial charge in [0.15, 0.2) is 13.9 Å². The Morgan fingerprint density at radius 2 is 1.68 bits per heavy atom. The highest BCUT2D eigenvalue weighted by Crippen LogP contribution is 2.65. The van der Waals surface area contributed by atoms with Gasteiger partial charge in [-0.3, -0.25) is 9.59 Å². The predicted molar refractivity (Wildman–Crippen MR) is 179 cm³/mol. The zero-order chi connectivity index (χ0) is 34.7. The number of carbonyl (C=O) groups excluding carboxylic acids is 3. The van der Waals surface area contributed by atoms with Gasteiger partial charge in [0.2, 0.25) is 0 Å². The molecule has 10 heteroatoms. The Balaban J connectivity index is 1.83. The third kappa shape index (κ3) is 5.20. The summed E-state index contributed by atoms with van der Waals surface area (Å²) < 4.78 is 32.1. The van der Waals surface area contributed by atoms with Gasteiger partial charge in [-0.05, 0) is 55.3 Å². The lowest BCUT2D eigenvalue weighted by atomic mass is 9.43. The molecule has 0 unspecified atom stereocenters. The van der Waals surface area contributed by atoms with Gasteiger partial charge in [0.1, 0.15) is 23.6 Å². The van der Waals surface area contributed by atoms with Crippen LogP contribution in [0.1, 0.15) is 85.5 Å². The standard InChI is InChI=1S/C37H54O9Si/c1-11-47(12-2,13-3)46-26-20-37(41)32(44-33(40)25-17-15-14-16-18-25)30-35(9,31(39)23(5)29(22(26)4)34(37,7)8)27(42-10)19-28-36(30,21-43-28)45-24(6)38/h14-18,23,26-28,30,32,41H,11-13,19-21H2,1-10H3/t23-,26+,27+,28-,30+,32+,35-,36+,37-/m1/s1. The fraction of sp³-hybridized carbons (Fsp3) is 0.703. The van der Waals surface area contributed by atoms with Crippen molar-refractivity contribution in [2.24, 2.45) is 22.7 Å². The molecule has 0 spiro atoms. The van der Waals surface area contributed by atoms with Crippen molar-refractivity contribution in [1.82, 2.24) is 0 Å². The number of hydrogen-bond acceptors (Lipinski definition) is 9. The molecule has 3 aliphatic carbocycles. The van der Waals surface area contributed by atoms with Crippen LogP contribution in [0, 0.1) is 22.7 Å². The van der Waals surface area contributed by atoms with Crippen LogP contribution in [0.4, 0.5) is 0 Å². The monoisotopic (exact) mass is 670 g/mol. The Morgan fingerprint density at radius 1 is 1.06 bits per heavy atom. The topological polar surface area (TPSA) is 118 Å². The molecule has 0 amide bonds. The summed E-state index contributed by atoms with van der Waals surface area (Å²) in [5.74, 6) is -2.91. The quantitative estimate of drug-likeness (QED) is 0.191. The van der Waals surface area contributed by atoms with Crippen LogP contribution in [0.3, 0.4) is 0 Å². The van der Waals surface area contributed by atoms with Crippen LogP contribution < -0.4 is 0 Å². The SMILES string of the molecule is CC[Si](CC)(CC)O[C@H]1C[C@@]2(O)[C@@H](OC(=O)c3ccccc3)[C@@H]3[C@]4(OC(C)=O)CO[C@@H]4C[C@H](OC)[C@@]3(C)C(=O)[C@H](C)C(=C1C)C2(C)C. The number of esters is 2. The second-order valence-electron chi connectivity index (χ2n) is 15.0. The van der Waals surface area contributed by atoms with Crippen molar-refractivity contribution in [3.8, 4) is 0 Å². The molecule has 1 heterocycles. The third-order valence-corrected chi connectivity index (χ3v) is 17.5. The van der Waals surface area contributed by atoms with E-state index in [1.54, 1.807) is 31.4 Å². The van der Waals surface area contributed by atoms with Crippen molar-refractivity contribution in [3.63, 3.8) is 0 Å². The normalized spacial score (nSPS) is 37.9. The molecule has 1 aliphatic heterocycles. The molecule has 0 aromatic heterocycles. The van der Waals surface area contributed by atoms with E-state index < -0.39 is 78.5 Å². The van der Waals surface area contributed by atoms with Crippen LogP contribution in [0.5, 0.6) is 0 Å². The molecule has 2 saturated carbocycles. The first-order valence-electron chi connectivity index (χ1n) is 17.3. The lowest BCUT2D eigenvalue weighted by molar-refractivity contribution is -0.346. The van der Waals surface area contributed by atoms with Gasteiger partial charge in [0, 0.05) is 38.2 Å². The number of aliphatic hydroxyl groups is 1. The molecular formula is C37H54O9Si. The first-order valence-corrected chi connectivity index (χ1v) is 19.8. The van der Waals surface area contributed by atoms with Crippen LogP contribution in [0.15, 0.2) is 41.5 Å². The van der Waals surface area contributed by atoms with Crippen LogP contribution in [0.25, 0.3) is 0 Å². The van der Waals surface area contributed by atoms with Crippen molar-refractivity contribution < 1.29 is 42.9 Å². The number of fused-ring (bicyclic) bond motifs is 5. The fourth-order valence-corrected chi connectivity index (χ4v) is 12.8. The van der Waals surface area contributed by atoms with Crippen molar-refractivity contribution in [2.45, 2.75) is 129 Å². The smallest absolute Gasteiger partial charge is 0.338 e. The maximum atomic E-state index is 15.3. The van der Waals surface area contributed by atoms with E-state index in [4.69, 9.17) is 23.4 Å². The van der Waals surface area contributed by atoms with E-state index in [0.29, 0.717) is 12.0 Å². The van der Waals surface area contributed by atoms with E-state index in [1.165, 1.54) is 6.92 Å². The highest BCUT2D eigenvalue weighted by atomic mass is 28.4. The number of carbonyl (C=O) groups is 3. The number of methoxy groups -OCH3 is 1. The second kappa shape index (κ2) is 12.5. The van der Waals surface area contributed by atoms with Crippen LogP contribution in [0.2, 0.25) is 18.1 Å². The summed E-state index contributed by atoms with van der Waals surface area (Å²) in [5, 5.41) is 13.6. The van der Waals surface area contributed by atoms with E-state index in [-0.39, 0.29) is 18.8 Å². The van der Waals surface area contributed by atoms with Gasteiger partial charge in [-0.25, -0.2) is 4.79 Å². The highest BCUT2D eigenvalue weighted by molar-refractivity contribution is 6.73. The molecule has 260 valence electrons. The molecule has 9 nitrogen and oxygen atoms in total. The Labute approximate surface area is 280 Å². The van der Waals surface area contributed by atoms with Gasteiger partial charge < -0.3 is 28.5 Å². The molecule has 1 saturated heterocycles. The maximum absolute atomic E-state index is 15.3. The molecule has 2 bridgehead atoms. The zero-order valence-corrected chi connectivity index (χ0v) is 30.8. The van der Waals surface area contributed by atoms with Crippen molar-refractivity contribution >= 4 is 26.0 Å². The van der Waals surface area contributed by atoms with E-state index in [2.05, 4.69) is 20.8 Å². The molecule has 1 aromatic rings. The number of hydrogen-bond donors (Lipinski definition) is 1. The first-order chi connectivity index (χ1) is 22.0. The molecule has 9 atom stereocenters. The molecular weight excluding hydrogens is 616 g/mol. The number of ketones is 1. The number of ether oxygens (including phenoxy) is 4. The van der Waals surface area contributed by atoms with Gasteiger partial charge >= 0.3 is 11.9 Å². The summed E-state index contributed by atoms with van der Waals surface area (Å²) in [6.45, 7) is 17.5. The van der Waals surface area contributed by atoms with Crippen molar-refractivity contribution in [3.05, 3.63) is 47.0 Å². The van der Waals surface area contributed by atoms with Crippen LogP contribution in [-0.2, 0) is 33.0 Å². The summed E-state index contributed by atoms with van der Waals surface area (Å²) in [5.41, 5.74) is -3.38. The van der Waals surface area contributed by atoms with Crippen molar-refractivity contribution in [1.29, 1.82) is 0 Å². The molecule has 4 aliphatic rings. The molecule has 1 aromatic carbocycles. The average molecular weight is 671 g/mol. The molecule has 0 radical (unpaired) electrons. The van der Waals surface area contributed by atoms with E-state index in [0.717, 1.165) is 29.3 Å². The van der Waals surface area contributed by atoms with Gasteiger partial charge in [-0.1, -0.05) is 59.7 Å². The second-order valence-corrected chi connectivity index (χ2v) is 19.8. The number of Topliss-reactive ketones (excluding diaryl/α,β-unsaturated/α-hetero) is 1. The number of benzene rings is 1. The first kappa shape index (κ1) is 35.9. The molecule has 5 rings (SSSR count).